The standard InChI is InChI=1S/C6H13N3O3/c7-3(5(9)10)1-2-4(8)6(11)12/h3-4H,1-2,7-8H2,(H2,9,10)(H,11,12). The highest BCUT2D eigenvalue weighted by Crippen LogP contribution is 1.97. The number of amides is 1. The molecule has 0 aliphatic heterocycles. The molecule has 7 N–H and O–H groups in total. The third kappa shape index (κ3) is 3.89. The molecule has 0 bridgehead atoms. The van der Waals surface area contributed by atoms with Gasteiger partial charge in [-0.15, -0.1) is 0 Å². The Hall–Kier alpha value is -1.14. The van der Waals surface area contributed by atoms with E-state index in [9.17, 15) is 9.59 Å². The smallest absolute Gasteiger partial charge is 0.320 e. The number of primary amides is 1. The average Bonchev–Trinajstić information content (AvgIpc) is 1.98. The Balaban J connectivity index is 3.68. The first kappa shape index (κ1) is 10.9. The van der Waals surface area contributed by atoms with Crippen LogP contribution < -0.4 is 17.2 Å². The molecule has 0 aromatic heterocycles. The Bertz CT molecular complexity index is 163. The van der Waals surface area contributed by atoms with Crippen molar-refractivity contribution >= 4 is 11.9 Å². The van der Waals surface area contributed by atoms with E-state index in [-0.39, 0.29) is 12.8 Å². The minimum absolute atomic E-state index is 0.152. The third-order valence-corrected chi connectivity index (χ3v) is 1.47. The van der Waals surface area contributed by atoms with Crippen LogP contribution in [-0.4, -0.2) is 29.1 Å². The van der Waals surface area contributed by atoms with Crippen molar-refractivity contribution < 1.29 is 14.7 Å². The van der Waals surface area contributed by atoms with Gasteiger partial charge in [0, 0.05) is 0 Å². The molecule has 0 aliphatic rings. The predicted molar refractivity (Wildman–Crippen MR) is 42.0 cm³/mol. The molecule has 0 radical (unpaired) electrons. The van der Waals surface area contributed by atoms with Gasteiger partial charge >= 0.3 is 5.97 Å². The lowest BCUT2D eigenvalue weighted by atomic mass is 10.1. The zero-order chi connectivity index (χ0) is 9.72. The van der Waals surface area contributed by atoms with Crippen molar-refractivity contribution in [3.63, 3.8) is 0 Å². The van der Waals surface area contributed by atoms with Crippen LogP contribution in [0.2, 0.25) is 0 Å². The highest BCUT2D eigenvalue weighted by Gasteiger charge is 2.15. The number of nitrogens with two attached hydrogens (primary N) is 3. The second-order valence-electron chi connectivity index (χ2n) is 2.53. The molecule has 1 amide bonds. The monoisotopic (exact) mass is 175 g/mol. The lowest BCUT2D eigenvalue weighted by molar-refractivity contribution is -0.138. The van der Waals surface area contributed by atoms with Crippen LogP contribution in [0.4, 0.5) is 0 Å². The molecule has 0 rings (SSSR count). The summed E-state index contributed by atoms with van der Waals surface area (Å²) in [5.74, 6) is -1.75. The molecule has 0 saturated heterocycles. The van der Waals surface area contributed by atoms with Gasteiger partial charge in [-0.25, -0.2) is 0 Å². The number of rotatable bonds is 5. The highest BCUT2D eigenvalue weighted by atomic mass is 16.4. The number of carbonyl (C=O) groups excluding carboxylic acids is 1. The van der Waals surface area contributed by atoms with E-state index in [2.05, 4.69) is 0 Å². The fourth-order valence-electron chi connectivity index (χ4n) is 0.625. The van der Waals surface area contributed by atoms with Crippen LogP contribution in [0.3, 0.4) is 0 Å². The van der Waals surface area contributed by atoms with Crippen molar-refractivity contribution in [1.82, 2.24) is 0 Å². The third-order valence-electron chi connectivity index (χ3n) is 1.47. The molecule has 70 valence electrons. The zero-order valence-corrected chi connectivity index (χ0v) is 6.56. The van der Waals surface area contributed by atoms with E-state index in [1.807, 2.05) is 0 Å². The summed E-state index contributed by atoms with van der Waals surface area (Å²) in [5, 5.41) is 8.35. The molecule has 0 heterocycles. The van der Waals surface area contributed by atoms with Crippen LogP contribution in [-0.2, 0) is 9.59 Å². The van der Waals surface area contributed by atoms with Crippen molar-refractivity contribution in [2.45, 2.75) is 24.9 Å². The van der Waals surface area contributed by atoms with Crippen LogP contribution in [0.1, 0.15) is 12.8 Å². The van der Waals surface area contributed by atoms with E-state index in [1.165, 1.54) is 0 Å². The first-order valence-corrected chi connectivity index (χ1v) is 3.48. The van der Waals surface area contributed by atoms with Gasteiger partial charge in [0.1, 0.15) is 6.04 Å². The van der Waals surface area contributed by atoms with Crippen LogP contribution in [0, 0.1) is 0 Å². The number of hydrogen-bond donors (Lipinski definition) is 4. The molecule has 0 aliphatic carbocycles. The molecule has 2 unspecified atom stereocenters. The largest absolute Gasteiger partial charge is 0.480 e. The zero-order valence-electron chi connectivity index (χ0n) is 6.56. The first-order valence-electron chi connectivity index (χ1n) is 3.48. The van der Waals surface area contributed by atoms with Gasteiger partial charge in [-0.1, -0.05) is 0 Å². The van der Waals surface area contributed by atoms with Gasteiger partial charge in [-0.05, 0) is 12.8 Å². The van der Waals surface area contributed by atoms with E-state index in [0.717, 1.165) is 0 Å². The highest BCUT2D eigenvalue weighted by molar-refractivity contribution is 5.79. The van der Waals surface area contributed by atoms with Gasteiger partial charge in [-0.2, -0.15) is 0 Å². The lowest BCUT2D eigenvalue weighted by Crippen LogP contribution is -2.39. The number of carboxylic acids is 1. The van der Waals surface area contributed by atoms with Gasteiger partial charge in [0.15, 0.2) is 0 Å². The van der Waals surface area contributed by atoms with Crippen molar-refractivity contribution in [2.75, 3.05) is 0 Å². The predicted octanol–water partition coefficient (Wildman–Crippen LogP) is -2.01. The van der Waals surface area contributed by atoms with Gasteiger partial charge in [0.25, 0.3) is 0 Å². The van der Waals surface area contributed by atoms with Crippen molar-refractivity contribution in [3.05, 3.63) is 0 Å². The molecule has 0 saturated carbocycles. The molecule has 6 nitrogen and oxygen atoms in total. The van der Waals surface area contributed by atoms with Crippen LogP contribution in [0.5, 0.6) is 0 Å². The first-order chi connectivity index (χ1) is 5.45. The molecule has 6 heteroatoms. The second kappa shape index (κ2) is 4.68. The summed E-state index contributed by atoms with van der Waals surface area (Å²) in [7, 11) is 0. The van der Waals surface area contributed by atoms with E-state index in [0.29, 0.717) is 0 Å². The van der Waals surface area contributed by atoms with Gasteiger partial charge in [0.2, 0.25) is 5.91 Å². The number of aliphatic carboxylic acids is 1. The summed E-state index contributed by atoms with van der Waals surface area (Å²) in [6.07, 6.45) is 0.349. The topological polar surface area (TPSA) is 132 Å². The Morgan fingerprint density at radius 2 is 1.58 bits per heavy atom. The molecule has 12 heavy (non-hydrogen) atoms. The SMILES string of the molecule is NC(=O)C(N)CCC(N)C(=O)O. The lowest BCUT2D eigenvalue weighted by Gasteiger charge is -2.09. The molecule has 0 fully saturated rings. The van der Waals surface area contributed by atoms with Crippen LogP contribution in [0.15, 0.2) is 0 Å². The van der Waals surface area contributed by atoms with E-state index in [1.54, 1.807) is 0 Å². The van der Waals surface area contributed by atoms with E-state index < -0.39 is 24.0 Å². The second-order valence-corrected chi connectivity index (χ2v) is 2.53. The summed E-state index contributed by atoms with van der Waals surface area (Å²) < 4.78 is 0. The summed E-state index contributed by atoms with van der Waals surface area (Å²) in [6.45, 7) is 0. The Morgan fingerprint density at radius 1 is 1.17 bits per heavy atom. The fraction of sp³-hybridized carbons (Fsp3) is 0.667. The maximum atomic E-state index is 10.4. The number of carboxylic acid groups (broad SMARTS) is 1. The van der Waals surface area contributed by atoms with Gasteiger partial charge in [0.05, 0.1) is 6.04 Å². The van der Waals surface area contributed by atoms with Gasteiger partial charge < -0.3 is 22.3 Å². The molecule has 0 aromatic rings. The molecular formula is C6H13N3O3. The maximum Gasteiger partial charge on any atom is 0.320 e. The summed E-state index contributed by atoms with van der Waals surface area (Å²) >= 11 is 0. The van der Waals surface area contributed by atoms with E-state index >= 15 is 0 Å². The normalized spacial score (nSPS) is 15.2. The minimum atomic E-state index is -1.10. The van der Waals surface area contributed by atoms with Gasteiger partial charge in [-0.3, -0.25) is 9.59 Å². The quantitative estimate of drug-likeness (QED) is 0.383. The summed E-state index contributed by atoms with van der Waals surface area (Å²) in [6, 6.07) is -1.79. The summed E-state index contributed by atoms with van der Waals surface area (Å²) in [4.78, 5) is 20.6. The van der Waals surface area contributed by atoms with Crippen molar-refractivity contribution in [2.24, 2.45) is 17.2 Å². The Morgan fingerprint density at radius 3 is 1.92 bits per heavy atom. The Kier molecular flexibility index (Phi) is 4.24. The molecular weight excluding hydrogens is 162 g/mol. The average molecular weight is 175 g/mol. The maximum absolute atomic E-state index is 10.4. The molecule has 0 aromatic carbocycles. The van der Waals surface area contributed by atoms with Crippen LogP contribution in [0.25, 0.3) is 0 Å². The minimum Gasteiger partial charge on any atom is -0.480 e. The van der Waals surface area contributed by atoms with E-state index in [4.69, 9.17) is 22.3 Å². The molecule has 0 spiro atoms. The number of carbonyl (C=O) groups is 2. The number of hydrogen-bond acceptors (Lipinski definition) is 4. The Labute approximate surface area is 69.7 Å². The molecule has 2 atom stereocenters. The van der Waals surface area contributed by atoms with Crippen molar-refractivity contribution in [3.8, 4) is 0 Å². The summed E-state index contributed by atoms with van der Waals surface area (Å²) in [5.41, 5.74) is 15.2. The van der Waals surface area contributed by atoms with Crippen LogP contribution >= 0.6 is 0 Å². The fourth-order valence-corrected chi connectivity index (χ4v) is 0.625. The van der Waals surface area contributed by atoms with Crippen molar-refractivity contribution in [1.29, 1.82) is 0 Å².